The van der Waals surface area contributed by atoms with Gasteiger partial charge in [-0.2, -0.15) is 0 Å². The van der Waals surface area contributed by atoms with Gasteiger partial charge in [0.1, 0.15) is 24.3 Å². The third-order valence-electron chi connectivity index (χ3n) is 6.58. The minimum atomic E-state index is -0.521. The van der Waals surface area contributed by atoms with Crippen molar-refractivity contribution in [3.8, 4) is 16.9 Å². The SMILES string of the molecule is C[C@H](C(=O)N(C)CC[C@H](Oc1ccc(CF)cc1)c1ccccc1)c1ccc(-c2ccccc2)c(F)c1. The fraction of sp³-hybridized carbons (Fsp3) is 0.219. The van der Waals surface area contributed by atoms with Crippen LogP contribution in [0.15, 0.2) is 103 Å². The van der Waals surface area contributed by atoms with Crippen LogP contribution in [0.25, 0.3) is 11.1 Å². The Bertz CT molecular complexity index is 1290. The molecule has 1 amide bonds. The molecular formula is C32H31F2NO2. The standard InChI is InChI=1S/C32H31F2NO2/c1-23(27-15-18-29(30(34)21-27)25-9-5-3-6-10-25)32(36)35(2)20-19-31(26-11-7-4-8-12-26)37-28-16-13-24(22-33)14-17-28/h3-18,21,23,31H,19-20,22H2,1-2H3/t23-,31-/m0/s1. The molecule has 0 aromatic heterocycles. The predicted molar refractivity (Wildman–Crippen MR) is 144 cm³/mol. The molecule has 190 valence electrons. The Morgan fingerprint density at radius 3 is 2.14 bits per heavy atom. The third-order valence-corrected chi connectivity index (χ3v) is 6.58. The molecule has 0 aliphatic carbocycles. The highest BCUT2D eigenvalue weighted by atomic mass is 19.1. The van der Waals surface area contributed by atoms with Crippen LogP contribution >= 0.6 is 0 Å². The zero-order chi connectivity index (χ0) is 26.2. The molecule has 0 N–H and O–H groups in total. The van der Waals surface area contributed by atoms with E-state index in [1.807, 2.05) is 66.7 Å². The molecule has 0 aliphatic heterocycles. The van der Waals surface area contributed by atoms with E-state index in [2.05, 4.69) is 0 Å². The molecule has 4 rings (SSSR count). The Morgan fingerprint density at radius 2 is 1.51 bits per heavy atom. The lowest BCUT2D eigenvalue weighted by molar-refractivity contribution is -0.131. The van der Waals surface area contributed by atoms with E-state index >= 15 is 0 Å². The number of rotatable bonds is 10. The van der Waals surface area contributed by atoms with Gasteiger partial charge in [0.15, 0.2) is 0 Å². The van der Waals surface area contributed by atoms with Gasteiger partial charge in [-0.25, -0.2) is 8.78 Å². The summed E-state index contributed by atoms with van der Waals surface area (Å²) in [6.07, 6.45) is 0.274. The van der Waals surface area contributed by atoms with Crippen molar-refractivity contribution in [3.05, 3.63) is 126 Å². The lowest BCUT2D eigenvalue weighted by Gasteiger charge is -2.25. The maximum absolute atomic E-state index is 14.9. The van der Waals surface area contributed by atoms with Crippen LogP contribution < -0.4 is 4.74 Å². The van der Waals surface area contributed by atoms with E-state index in [0.29, 0.717) is 35.4 Å². The number of carbonyl (C=O) groups excluding carboxylic acids is 1. The van der Waals surface area contributed by atoms with E-state index in [4.69, 9.17) is 4.74 Å². The first-order valence-electron chi connectivity index (χ1n) is 12.4. The topological polar surface area (TPSA) is 29.5 Å². The summed E-state index contributed by atoms with van der Waals surface area (Å²) in [5.74, 6) is -0.288. The van der Waals surface area contributed by atoms with Gasteiger partial charge in [0, 0.05) is 25.6 Å². The number of benzene rings is 4. The predicted octanol–water partition coefficient (Wildman–Crippen LogP) is 7.73. The molecule has 0 saturated heterocycles. The van der Waals surface area contributed by atoms with Crippen molar-refractivity contribution >= 4 is 5.91 Å². The summed E-state index contributed by atoms with van der Waals surface area (Å²) in [4.78, 5) is 14.9. The molecule has 0 unspecified atom stereocenters. The molecule has 4 aromatic rings. The molecule has 4 aromatic carbocycles. The number of alkyl halides is 1. The summed E-state index contributed by atoms with van der Waals surface area (Å²) in [6.45, 7) is 1.73. The van der Waals surface area contributed by atoms with E-state index in [-0.39, 0.29) is 17.8 Å². The van der Waals surface area contributed by atoms with Gasteiger partial charge < -0.3 is 9.64 Å². The number of hydrogen-bond donors (Lipinski definition) is 0. The molecule has 0 bridgehead atoms. The molecule has 2 atom stereocenters. The first kappa shape index (κ1) is 26.1. The summed E-state index contributed by atoms with van der Waals surface area (Å²) >= 11 is 0. The summed E-state index contributed by atoms with van der Waals surface area (Å²) in [7, 11) is 1.76. The van der Waals surface area contributed by atoms with Gasteiger partial charge in [-0.3, -0.25) is 4.79 Å². The van der Waals surface area contributed by atoms with Crippen molar-refractivity contribution in [2.24, 2.45) is 0 Å². The van der Waals surface area contributed by atoms with Gasteiger partial charge in [0.25, 0.3) is 0 Å². The number of likely N-dealkylation sites (N-methyl/N-ethyl adjacent to an activating group) is 1. The van der Waals surface area contributed by atoms with Crippen molar-refractivity contribution < 1.29 is 18.3 Å². The number of amides is 1. The van der Waals surface area contributed by atoms with Crippen LogP contribution in [0.2, 0.25) is 0 Å². The van der Waals surface area contributed by atoms with Gasteiger partial charge in [-0.05, 0) is 47.4 Å². The lowest BCUT2D eigenvalue weighted by Crippen LogP contribution is -2.32. The average Bonchev–Trinajstić information content (AvgIpc) is 2.95. The fourth-order valence-corrected chi connectivity index (χ4v) is 4.33. The monoisotopic (exact) mass is 499 g/mol. The van der Waals surface area contributed by atoms with Gasteiger partial charge in [0.2, 0.25) is 5.91 Å². The first-order chi connectivity index (χ1) is 18.0. The highest BCUT2D eigenvalue weighted by molar-refractivity contribution is 5.83. The van der Waals surface area contributed by atoms with Crippen molar-refractivity contribution in [3.63, 3.8) is 0 Å². The maximum atomic E-state index is 14.9. The molecule has 0 saturated carbocycles. The summed E-state index contributed by atoms with van der Waals surface area (Å²) < 4.78 is 34.0. The Hall–Kier alpha value is -3.99. The van der Waals surface area contributed by atoms with Crippen molar-refractivity contribution in [2.75, 3.05) is 13.6 Å². The normalized spacial score (nSPS) is 12.5. The van der Waals surface area contributed by atoms with E-state index in [9.17, 15) is 13.6 Å². The number of nitrogens with zero attached hydrogens (tertiary/aromatic N) is 1. The van der Waals surface area contributed by atoms with Crippen molar-refractivity contribution in [1.29, 1.82) is 0 Å². The third kappa shape index (κ3) is 6.62. The number of ether oxygens (including phenoxy) is 1. The van der Waals surface area contributed by atoms with Gasteiger partial charge in [-0.15, -0.1) is 0 Å². The zero-order valence-electron chi connectivity index (χ0n) is 21.1. The van der Waals surface area contributed by atoms with E-state index in [0.717, 1.165) is 11.1 Å². The van der Waals surface area contributed by atoms with Crippen LogP contribution in [0.1, 0.15) is 42.1 Å². The minimum absolute atomic E-state index is 0.0917. The smallest absolute Gasteiger partial charge is 0.229 e. The highest BCUT2D eigenvalue weighted by Gasteiger charge is 2.22. The molecule has 0 spiro atoms. The average molecular weight is 500 g/mol. The van der Waals surface area contributed by atoms with Gasteiger partial charge in [-0.1, -0.05) is 84.9 Å². The maximum Gasteiger partial charge on any atom is 0.229 e. The molecule has 3 nitrogen and oxygen atoms in total. The second-order valence-corrected chi connectivity index (χ2v) is 9.17. The molecule has 37 heavy (non-hydrogen) atoms. The van der Waals surface area contributed by atoms with E-state index < -0.39 is 12.6 Å². The Balaban J connectivity index is 1.43. The quantitative estimate of drug-likeness (QED) is 0.223. The minimum Gasteiger partial charge on any atom is -0.486 e. The number of hydrogen-bond acceptors (Lipinski definition) is 2. The molecule has 0 fully saturated rings. The molecule has 0 radical (unpaired) electrons. The largest absolute Gasteiger partial charge is 0.486 e. The Labute approximate surface area is 217 Å². The molecule has 0 aliphatic rings. The second-order valence-electron chi connectivity index (χ2n) is 9.17. The van der Waals surface area contributed by atoms with Crippen LogP contribution in [-0.4, -0.2) is 24.4 Å². The Kier molecular flexibility index (Phi) is 8.68. The lowest BCUT2D eigenvalue weighted by atomic mass is 9.96. The summed E-state index contributed by atoms with van der Waals surface area (Å²) in [5, 5.41) is 0. The molecular weight excluding hydrogens is 468 g/mol. The number of halogens is 2. The molecule has 0 heterocycles. The van der Waals surface area contributed by atoms with Gasteiger partial charge in [0.05, 0.1) is 5.92 Å². The summed E-state index contributed by atoms with van der Waals surface area (Å²) in [5.41, 5.74) is 3.53. The summed E-state index contributed by atoms with van der Waals surface area (Å²) in [6, 6.07) is 31.1. The van der Waals surface area contributed by atoms with Crippen molar-refractivity contribution in [2.45, 2.75) is 32.0 Å². The van der Waals surface area contributed by atoms with Crippen LogP contribution in [0, 0.1) is 5.82 Å². The first-order valence-corrected chi connectivity index (χ1v) is 12.4. The van der Waals surface area contributed by atoms with Crippen molar-refractivity contribution in [1.82, 2.24) is 4.90 Å². The fourth-order valence-electron chi connectivity index (χ4n) is 4.33. The van der Waals surface area contributed by atoms with Crippen LogP contribution in [-0.2, 0) is 11.5 Å². The molecule has 5 heteroatoms. The van der Waals surface area contributed by atoms with Crippen LogP contribution in [0.4, 0.5) is 8.78 Å². The van der Waals surface area contributed by atoms with Gasteiger partial charge >= 0.3 is 0 Å². The highest BCUT2D eigenvalue weighted by Crippen LogP contribution is 2.28. The second kappa shape index (κ2) is 12.3. The van der Waals surface area contributed by atoms with Crippen LogP contribution in [0.3, 0.4) is 0 Å². The van der Waals surface area contributed by atoms with E-state index in [1.54, 1.807) is 49.2 Å². The zero-order valence-corrected chi connectivity index (χ0v) is 21.1. The number of carbonyl (C=O) groups is 1. The van der Waals surface area contributed by atoms with Crippen LogP contribution in [0.5, 0.6) is 5.75 Å². The van der Waals surface area contributed by atoms with E-state index in [1.165, 1.54) is 6.07 Å². The Morgan fingerprint density at radius 1 is 0.865 bits per heavy atom.